The number of halogens is 3. The molecule has 0 bridgehead atoms. The second-order valence-electron chi connectivity index (χ2n) is 10.4. The minimum Gasteiger partial charge on any atom is -0.404 e. The smallest absolute Gasteiger partial charge is 0.404 e. The molecule has 0 radical (unpaired) electrons. The maximum Gasteiger partial charge on any atom is 0.534 e. The van der Waals surface area contributed by atoms with Crippen molar-refractivity contribution in [1.82, 2.24) is 0 Å². The predicted octanol–water partition coefficient (Wildman–Crippen LogP) is 6.91. The van der Waals surface area contributed by atoms with Crippen molar-refractivity contribution in [2.24, 2.45) is 0 Å². The molecular weight excluding hydrogens is 485 g/mol. The number of allylic oxidation sites excluding steroid dienone is 1. The van der Waals surface area contributed by atoms with Crippen LogP contribution in [0.2, 0.25) is 18.1 Å². The fraction of sp³-hybridized carbons (Fsp3) is 0.625. The molecule has 0 aromatic heterocycles. The number of hydrogen-bond acceptors (Lipinski definition) is 5. The summed E-state index contributed by atoms with van der Waals surface area (Å²) in [7, 11) is -8.48. The van der Waals surface area contributed by atoms with E-state index in [1.807, 2.05) is 33.9 Å². The summed E-state index contributed by atoms with van der Waals surface area (Å²) in [5.74, 6) is -0.407. The maximum atomic E-state index is 13.3. The first-order chi connectivity index (χ1) is 15.4. The van der Waals surface area contributed by atoms with E-state index in [-0.39, 0.29) is 23.0 Å². The van der Waals surface area contributed by atoms with Crippen LogP contribution in [0.25, 0.3) is 0 Å². The number of ketones is 1. The first-order valence-corrected chi connectivity index (χ1v) is 15.7. The average Bonchev–Trinajstić information content (AvgIpc) is 2.66. The van der Waals surface area contributed by atoms with Gasteiger partial charge in [-0.05, 0) is 56.0 Å². The number of carbonyl (C=O) groups excluding carboxylic acids is 1. The lowest BCUT2D eigenvalue weighted by atomic mass is 9.85. The number of hydrogen-bond donors (Lipinski definition) is 0. The molecule has 0 aliphatic heterocycles. The van der Waals surface area contributed by atoms with Gasteiger partial charge in [0.2, 0.25) is 0 Å². The van der Waals surface area contributed by atoms with Gasteiger partial charge in [0.15, 0.2) is 14.1 Å². The molecule has 10 heteroatoms. The van der Waals surface area contributed by atoms with Gasteiger partial charge in [-0.15, -0.1) is 0 Å². The number of alkyl halides is 3. The van der Waals surface area contributed by atoms with Crippen LogP contribution in [0.3, 0.4) is 0 Å². The van der Waals surface area contributed by atoms with Gasteiger partial charge < -0.3 is 8.61 Å². The van der Waals surface area contributed by atoms with E-state index in [9.17, 15) is 26.4 Å². The highest BCUT2D eigenvalue weighted by Crippen LogP contribution is 2.46. The highest BCUT2D eigenvalue weighted by Gasteiger charge is 2.53. The van der Waals surface area contributed by atoms with Gasteiger partial charge in [0.1, 0.15) is 11.4 Å². The van der Waals surface area contributed by atoms with E-state index in [4.69, 9.17) is 8.61 Å². The van der Waals surface area contributed by atoms with Crippen LogP contribution in [0.1, 0.15) is 75.7 Å². The van der Waals surface area contributed by atoms with Crippen LogP contribution in [0.5, 0.6) is 0 Å². The summed E-state index contributed by atoms with van der Waals surface area (Å²) in [6, 6.07) is 6.75. The van der Waals surface area contributed by atoms with Crippen LogP contribution >= 0.6 is 0 Å². The van der Waals surface area contributed by atoms with Crippen LogP contribution in [-0.4, -0.2) is 33.6 Å². The van der Waals surface area contributed by atoms with Crippen molar-refractivity contribution < 1.29 is 35.0 Å². The Kier molecular flexibility index (Phi) is 8.53. The molecule has 0 fully saturated rings. The Morgan fingerprint density at radius 1 is 1.06 bits per heavy atom. The van der Waals surface area contributed by atoms with Gasteiger partial charge in [0.05, 0.1) is 0 Å². The Labute approximate surface area is 202 Å². The molecule has 1 aliphatic rings. The van der Waals surface area contributed by atoms with E-state index in [0.717, 1.165) is 6.42 Å². The van der Waals surface area contributed by atoms with E-state index in [1.165, 1.54) is 13.0 Å². The predicted molar refractivity (Wildman–Crippen MR) is 128 cm³/mol. The summed E-state index contributed by atoms with van der Waals surface area (Å²) in [6.45, 7) is 11.4. The van der Waals surface area contributed by atoms with Gasteiger partial charge in [-0.1, -0.05) is 57.9 Å². The van der Waals surface area contributed by atoms with Crippen molar-refractivity contribution in [3.8, 4) is 0 Å². The van der Waals surface area contributed by atoms with E-state index in [2.05, 4.69) is 0 Å². The minimum atomic E-state index is -5.88. The lowest BCUT2D eigenvalue weighted by Crippen LogP contribution is -2.53. The normalized spacial score (nSPS) is 20.8. The van der Waals surface area contributed by atoms with Gasteiger partial charge in [0.25, 0.3) is 0 Å². The summed E-state index contributed by atoms with van der Waals surface area (Å²) in [5, 5.41) is -0.283. The average molecular weight is 521 g/mol. The van der Waals surface area contributed by atoms with Crippen molar-refractivity contribution in [3.05, 3.63) is 47.2 Å². The molecule has 1 aliphatic carbocycles. The zero-order chi connectivity index (χ0) is 26.0. The molecule has 0 amide bonds. The van der Waals surface area contributed by atoms with Crippen molar-refractivity contribution in [3.63, 3.8) is 0 Å². The van der Waals surface area contributed by atoms with Crippen molar-refractivity contribution in [2.75, 3.05) is 0 Å². The molecule has 0 heterocycles. The zero-order valence-electron chi connectivity index (χ0n) is 20.7. The number of benzene rings is 1. The Morgan fingerprint density at radius 3 is 2.15 bits per heavy atom. The quantitative estimate of drug-likeness (QED) is 0.169. The second kappa shape index (κ2) is 10.1. The van der Waals surface area contributed by atoms with Crippen LogP contribution in [-0.2, 0) is 25.1 Å². The van der Waals surface area contributed by atoms with Crippen molar-refractivity contribution >= 4 is 24.2 Å². The van der Waals surface area contributed by atoms with E-state index < -0.39 is 29.5 Å². The number of Topliss-reactive ketones (excluding diaryl/α,β-unsaturated/α-hetero) is 1. The van der Waals surface area contributed by atoms with E-state index >= 15 is 0 Å². The van der Waals surface area contributed by atoms with Crippen molar-refractivity contribution in [1.29, 1.82) is 0 Å². The third kappa shape index (κ3) is 6.72. The van der Waals surface area contributed by atoms with Gasteiger partial charge in [0, 0.05) is 12.0 Å². The molecule has 192 valence electrons. The van der Waals surface area contributed by atoms with E-state index in [1.54, 1.807) is 24.3 Å². The summed E-state index contributed by atoms with van der Waals surface area (Å²) < 4.78 is 75.6. The molecule has 0 N–H and O–H groups in total. The number of carbonyl (C=O) groups is 1. The van der Waals surface area contributed by atoms with Crippen LogP contribution < -0.4 is 0 Å². The molecule has 5 nitrogen and oxygen atoms in total. The first kappa shape index (κ1) is 28.6. The SMILES string of the molecule is CC(=O)c1ccc(CC2(O[Si](C)(C)C(C)(C)C)CCCCCC=C2OS(=O)(=O)C(F)(F)F)cc1. The highest BCUT2D eigenvalue weighted by molar-refractivity contribution is 7.87. The molecule has 0 saturated heterocycles. The Balaban J connectivity index is 2.66. The molecule has 34 heavy (non-hydrogen) atoms. The van der Waals surface area contributed by atoms with Gasteiger partial charge in [-0.25, -0.2) is 0 Å². The number of rotatable bonds is 7. The molecule has 1 aromatic carbocycles. The Bertz CT molecular complexity index is 1010. The topological polar surface area (TPSA) is 69.7 Å². The Morgan fingerprint density at radius 2 is 1.65 bits per heavy atom. The van der Waals surface area contributed by atoms with Gasteiger partial charge in [-0.2, -0.15) is 21.6 Å². The monoisotopic (exact) mass is 520 g/mol. The fourth-order valence-electron chi connectivity index (χ4n) is 3.69. The molecule has 0 saturated carbocycles. The van der Waals surface area contributed by atoms with Crippen LogP contribution in [0, 0.1) is 0 Å². The second-order valence-corrected chi connectivity index (χ2v) is 16.7. The van der Waals surface area contributed by atoms with Gasteiger partial charge in [-0.3, -0.25) is 4.79 Å². The lowest BCUT2D eigenvalue weighted by Gasteiger charge is -2.47. The van der Waals surface area contributed by atoms with Crippen LogP contribution in [0.4, 0.5) is 13.2 Å². The maximum absolute atomic E-state index is 13.3. The molecule has 1 unspecified atom stereocenters. The minimum absolute atomic E-state index is 0.107. The van der Waals surface area contributed by atoms with E-state index in [0.29, 0.717) is 36.8 Å². The zero-order valence-corrected chi connectivity index (χ0v) is 22.5. The first-order valence-electron chi connectivity index (χ1n) is 11.4. The summed E-state index contributed by atoms with van der Waals surface area (Å²) in [5.41, 5.74) is -5.72. The summed E-state index contributed by atoms with van der Waals surface area (Å²) in [4.78, 5) is 11.7. The largest absolute Gasteiger partial charge is 0.534 e. The highest BCUT2D eigenvalue weighted by atomic mass is 32.2. The molecule has 1 atom stereocenters. The third-order valence-corrected chi connectivity index (χ3v) is 12.1. The third-order valence-electron chi connectivity index (χ3n) is 6.65. The molecule has 2 rings (SSSR count). The lowest BCUT2D eigenvalue weighted by molar-refractivity contribution is -0.0555. The summed E-state index contributed by atoms with van der Waals surface area (Å²) >= 11 is 0. The molecular formula is C24H35F3O5SSi. The van der Waals surface area contributed by atoms with Gasteiger partial charge >= 0.3 is 15.6 Å². The fourth-order valence-corrected chi connectivity index (χ4v) is 5.80. The molecule has 0 spiro atoms. The summed E-state index contributed by atoms with van der Waals surface area (Å²) in [6.07, 6.45) is 4.45. The standard InChI is InChI=1S/C24H35F3O5SSi/c1-18(28)20-14-12-19(13-15-20)17-23(32-34(5,6)22(2,3)4)16-10-8-7-9-11-21(23)31-33(29,30)24(25,26)27/h11-15H,7-10,16-17H2,1-6H3. The van der Waals surface area contributed by atoms with Crippen molar-refractivity contribution in [2.45, 2.75) is 95.5 Å². The Hall–Kier alpha value is -1.65. The molecule has 1 aromatic rings. The van der Waals surface area contributed by atoms with Crippen LogP contribution in [0.15, 0.2) is 36.1 Å².